The van der Waals surface area contributed by atoms with Crippen LogP contribution < -0.4 is 0 Å². The molecule has 1 aromatic carbocycles. The number of rotatable bonds is 3. The summed E-state index contributed by atoms with van der Waals surface area (Å²) < 4.78 is 1.88. The Morgan fingerprint density at radius 3 is 2.68 bits per heavy atom. The molecule has 2 aromatic rings. The monoisotopic (exact) mass is 336 g/mol. The third-order valence-corrected chi connectivity index (χ3v) is 4.76. The number of nitrogens with zero attached hydrogens (tertiary/aromatic N) is 4. The van der Waals surface area contributed by atoms with Gasteiger partial charge >= 0.3 is 0 Å². The van der Waals surface area contributed by atoms with E-state index >= 15 is 0 Å². The fourth-order valence-electron chi connectivity index (χ4n) is 2.66. The molecule has 1 aliphatic carbocycles. The molecule has 1 saturated carbocycles. The first-order chi connectivity index (χ1) is 10.6. The average molecular weight is 337 g/mol. The van der Waals surface area contributed by atoms with Crippen LogP contribution in [0.15, 0.2) is 24.4 Å². The van der Waals surface area contributed by atoms with Gasteiger partial charge in [0.25, 0.3) is 5.91 Å². The molecule has 0 unspecified atom stereocenters. The molecule has 0 N–H and O–H groups in total. The molecular weight excluding hydrogens is 323 g/mol. The number of likely N-dealkylation sites (tertiary alicyclic amines) is 1. The number of benzene rings is 1. The van der Waals surface area contributed by atoms with Crippen LogP contribution in [-0.4, -0.2) is 38.9 Å². The summed E-state index contributed by atoms with van der Waals surface area (Å²) in [7, 11) is 0. The predicted molar refractivity (Wildman–Crippen MR) is 83.4 cm³/mol. The molecule has 0 radical (unpaired) electrons. The van der Waals surface area contributed by atoms with Gasteiger partial charge in [-0.25, -0.2) is 4.68 Å². The highest BCUT2D eigenvalue weighted by Gasteiger charge is 2.35. The highest BCUT2D eigenvalue weighted by atomic mass is 35.5. The van der Waals surface area contributed by atoms with Crippen LogP contribution in [0.5, 0.6) is 0 Å². The molecule has 1 aromatic heterocycles. The lowest BCUT2D eigenvalue weighted by Crippen LogP contribution is -2.51. The predicted octanol–water partition coefficient (Wildman–Crippen LogP) is 3.16. The van der Waals surface area contributed by atoms with E-state index in [-0.39, 0.29) is 11.9 Å². The van der Waals surface area contributed by atoms with Crippen molar-refractivity contribution in [3.63, 3.8) is 0 Å². The molecule has 5 nitrogen and oxygen atoms in total. The van der Waals surface area contributed by atoms with Gasteiger partial charge in [-0.2, -0.15) is 0 Å². The summed E-state index contributed by atoms with van der Waals surface area (Å²) in [5, 5.41) is 9.30. The molecule has 7 heteroatoms. The second-order valence-electron chi connectivity index (χ2n) is 5.89. The highest BCUT2D eigenvalue weighted by molar-refractivity contribution is 6.36. The third-order valence-electron chi connectivity index (χ3n) is 4.21. The maximum absolute atomic E-state index is 12.4. The standard InChI is InChI=1S/C15H14Cl2N4O/c16-10-3-4-12(13(17)5-10)15(22)20-6-11(7-20)21-8-14(18-19-21)9-1-2-9/h3-5,8-9,11H,1-2,6-7H2. The van der Waals surface area contributed by atoms with Crippen LogP contribution in [0.3, 0.4) is 0 Å². The normalized spacial score (nSPS) is 18.4. The Morgan fingerprint density at radius 1 is 1.23 bits per heavy atom. The molecule has 22 heavy (non-hydrogen) atoms. The van der Waals surface area contributed by atoms with Crippen LogP contribution >= 0.6 is 23.2 Å². The Labute approximate surface area is 137 Å². The first kappa shape index (κ1) is 14.0. The van der Waals surface area contributed by atoms with E-state index in [2.05, 4.69) is 10.3 Å². The molecule has 1 amide bonds. The number of amides is 1. The third kappa shape index (κ3) is 2.48. The number of hydrogen-bond acceptors (Lipinski definition) is 3. The van der Waals surface area contributed by atoms with E-state index in [4.69, 9.17) is 23.2 Å². The van der Waals surface area contributed by atoms with Gasteiger partial charge in [0.15, 0.2) is 0 Å². The van der Waals surface area contributed by atoms with Crippen molar-refractivity contribution < 1.29 is 4.79 Å². The Balaban J connectivity index is 1.42. The molecule has 114 valence electrons. The summed E-state index contributed by atoms with van der Waals surface area (Å²) in [6.07, 6.45) is 4.44. The highest BCUT2D eigenvalue weighted by Crippen LogP contribution is 2.39. The number of carbonyl (C=O) groups excluding carboxylic acids is 1. The van der Waals surface area contributed by atoms with E-state index in [0.717, 1.165) is 5.69 Å². The summed E-state index contributed by atoms with van der Waals surface area (Å²) >= 11 is 11.9. The van der Waals surface area contributed by atoms with Crippen molar-refractivity contribution in [1.82, 2.24) is 19.9 Å². The SMILES string of the molecule is O=C(c1ccc(Cl)cc1Cl)N1CC(n2cc(C3CC3)nn2)C1. The van der Waals surface area contributed by atoms with Gasteiger partial charge in [-0.15, -0.1) is 5.10 Å². The zero-order valence-corrected chi connectivity index (χ0v) is 13.3. The van der Waals surface area contributed by atoms with Crippen molar-refractivity contribution in [1.29, 1.82) is 0 Å². The molecule has 1 saturated heterocycles. The minimum Gasteiger partial charge on any atom is -0.334 e. The first-order valence-corrected chi connectivity index (χ1v) is 8.03. The van der Waals surface area contributed by atoms with Crippen molar-refractivity contribution in [3.8, 4) is 0 Å². The summed E-state index contributed by atoms with van der Waals surface area (Å²) in [6.45, 7) is 1.26. The lowest BCUT2D eigenvalue weighted by atomic mass is 10.1. The van der Waals surface area contributed by atoms with Crippen LogP contribution in [-0.2, 0) is 0 Å². The minimum absolute atomic E-state index is 0.0690. The van der Waals surface area contributed by atoms with E-state index in [1.54, 1.807) is 23.1 Å². The van der Waals surface area contributed by atoms with Gasteiger partial charge in [0.1, 0.15) is 0 Å². The van der Waals surface area contributed by atoms with Gasteiger partial charge in [0, 0.05) is 30.2 Å². The van der Waals surface area contributed by atoms with E-state index in [0.29, 0.717) is 34.6 Å². The number of halogens is 2. The maximum Gasteiger partial charge on any atom is 0.255 e. The van der Waals surface area contributed by atoms with Crippen molar-refractivity contribution in [2.24, 2.45) is 0 Å². The Morgan fingerprint density at radius 2 is 2.00 bits per heavy atom. The van der Waals surface area contributed by atoms with Crippen LogP contribution in [0.25, 0.3) is 0 Å². The first-order valence-electron chi connectivity index (χ1n) is 7.28. The Kier molecular flexibility index (Phi) is 3.35. The van der Waals surface area contributed by atoms with E-state index < -0.39 is 0 Å². The van der Waals surface area contributed by atoms with E-state index in [1.165, 1.54) is 12.8 Å². The molecule has 2 fully saturated rings. The second-order valence-corrected chi connectivity index (χ2v) is 6.73. The lowest BCUT2D eigenvalue weighted by molar-refractivity contribution is 0.0498. The Bertz CT molecular complexity index is 735. The number of carbonyl (C=O) groups is 1. The van der Waals surface area contributed by atoms with Crippen molar-refractivity contribution in [3.05, 3.63) is 45.7 Å². The molecular formula is C15H14Cl2N4O. The van der Waals surface area contributed by atoms with Crippen LogP contribution in [0.1, 0.15) is 40.9 Å². The van der Waals surface area contributed by atoms with E-state index in [1.807, 2.05) is 10.9 Å². The fraction of sp³-hybridized carbons (Fsp3) is 0.400. The van der Waals surface area contributed by atoms with Crippen LogP contribution in [0.2, 0.25) is 10.0 Å². The molecule has 0 spiro atoms. The molecule has 4 rings (SSSR count). The molecule has 2 aliphatic rings. The molecule has 2 heterocycles. The lowest BCUT2D eigenvalue weighted by Gasteiger charge is -2.39. The molecule has 1 aliphatic heterocycles. The van der Waals surface area contributed by atoms with Gasteiger partial charge in [-0.05, 0) is 31.0 Å². The summed E-state index contributed by atoms with van der Waals surface area (Å²) in [5.41, 5.74) is 1.56. The van der Waals surface area contributed by atoms with Gasteiger partial charge in [-0.1, -0.05) is 28.4 Å². The summed E-state index contributed by atoms with van der Waals surface area (Å²) in [6, 6.07) is 5.14. The zero-order valence-electron chi connectivity index (χ0n) is 11.7. The van der Waals surface area contributed by atoms with Crippen molar-refractivity contribution >= 4 is 29.1 Å². The topological polar surface area (TPSA) is 51.0 Å². The average Bonchev–Trinajstić information content (AvgIpc) is 3.17. The molecule has 0 bridgehead atoms. The quantitative estimate of drug-likeness (QED) is 0.864. The van der Waals surface area contributed by atoms with E-state index in [9.17, 15) is 4.79 Å². The van der Waals surface area contributed by atoms with Gasteiger partial charge < -0.3 is 4.90 Å². The largest absolute Gasteiger partial charge is 0.334 e. The summed E-state index contributed by atoms with van der Waals surface area (Å²) in [4.78, 5) is 14.2. The van der Waals surface area contributed by atoms with Gasteiger partial charge in [-0.3, -0.25) is 4.79 Å². The number of aromatic nitrogens is 3. The molecule has 0 atom stereocenters. The van der Waals surface area contributed by atoms with Crippen molar-refractivity contribution in [2.45, 2.75) is 24.8 Å². The Hall–Kier alpha value is -1.59. The van der Waals surface area contributed by atoms with Crippen LogP contribution in [0, 0.1) is 0 Å². The summed E-state index contributed by atoms with van der Waals surface area (Å²) in [5.74, 6) is 0.528. The zero-order chi connectivity index (χ0) is 15.3. The maximum atomic E-state index is 12.4. The smallest absolute Gasteiger partial charge is 0.255 e. The van der Waals surface area contributed by atoms with Gasteiger partial charge in [0.2, 0.25) is 0 Å². The second kappa shape index (κ2) is 5.25. The van der Waals surface area contributed by atoms with Crippen LogP contribution in [0.4, 0.5) is 0 Å². The van der Waals surface area contributed by atoms with Crippen molar-refractivity contribution in [2.75, 3.05) is 13.1 Å². The van der Waals surface area contributed by atoms with Gasteiger partial charge in [0.05, 0.1) is 22.3 Å². The fourth-order valence-corrected chi connectivity index (χ4v) is 3.15. The minimum atomic E-state index is -0.0690. The number of hydrogen-bond donors (Lipinski definition) is 0.